The highest BCUT2D eigenvalue weighted by atomic mass is 16.5. The number of hydrogen-bond acceptors (Lipinski definition) is 4. The van der Waals surface area contributed by atoms with Gasteiger partial charge >= 0.3 is 0 Å². The minimum atomic E-state index is 0.131. The lowest BCUT2D eigenvalue weighted by Crippen LogP contribution is -2.39. The second-order valence-electron chi connectivity index (χ2n) is 5.59. The van der Waals surface area contributed by atoms with Gasteiger partial charge in [0.25, 0.3) is 0 Å². The fourth-order valence-electron chi connectivity index (χ4n) is 2.78. The van der Waals surface area contributed by atoms with E-state index in [1.165, 1.54) is 0 Å². The van der Waals surface area contributed by atoms with Gasteiger partial charge in [-0.2, -0.15) is 0 Å². The molecule has 2 aromatic carbocycles. The summed E-state index contributed by atoms with van der Waals surface area (Å²) >= 11 is 0. The molecule has 1 aliphatic rings. The van der Waals surface area contributed by atoms with Crippen LogP contribution in [0.5, 0.6) is 5.75 Å². The molecule has 1 saturated heterocycles. The van der Waals surface area contributed by atoms with Crippen LogP contribution in [0, 0.1) is 0 Å². The van der Waals surface area contributed by atoms with Crippen molar-refractivity contribution in [3.05, 3.63) is 54.1 Å². The van der Waals surface area contributed by atoms with Gasteiger partial charge in [-0.1, -0.05) is 30.3 Å². The molecule has 0 aliphatic carbocycles. The van der Waals surface area contributed by atoms with Crippen molar-refractivity contribution in [3.63, 3.8) is 0 Å². The Kier molecular flexibility index (Phi) is 5.05. The van der Waals surface area contributed by atoms with E-state index >= 15 is 0 Å². The Morgan fingerprint density at radius 2 is 1.87 bits per heavy atom. The van der Waals surface area contributed by atoms with Crippen LogP contribution in [0.4, 0.5) is 0 Å². The first kappa shape index (κ1) is 15.7. The van der Waals surface area contributed by atoms with Crippen molar-refractivity contribution in [1.29, 1.82) is 0 Å². The maximum Gasteiger partial charge on any atom is 0.176 e. The highest BCUT2D eigenvalue weighted by molar-refractivity contribution is 5.99. The molecule has 1 fully saturated rings. The van der Waals surface area contributed by atoms with Crippen molar-refractivity contribution < 1.29 is 14.3 Å². The lowest BCUT2D eigenvalue weighted by molar-refractivity contribution is 0.0371. The number of ether oxygens (including phenoxy) is 2. The maximum atomic E-state index is 12.6. The molecule has 3 rings (SSSR count). The molecule has 120 valence electrons. The van der Waals surface area contributed by atoms with E-state index in [0.717, 1.165) is 35.5 Å². The fourth-order valence-corrected chi connectivity index (χ4v) is 2.78. The van der Waals surface area contributed by atoms with Gasteiger partial charge in [0.2, 0.25) is 0 Å². The SMILES string of the molecule is COc1ccc(C(=O)CN2CCOCC2)cc1-c1ccccc1. The van der Waals surface area contributed by atoms with Crippen molar-refractivity contribution in [2.45, 2.75) is 0 Å². The Balaban J connectivity index is 1.84. The molecule has 2 aromatic rings. The molecule has 0 spiro atoms. The second kappa shape index (κ2) is 7.40. The van der Waals surface area contributed by atoms with Gasteiger partial charge in [0.15, 0.2) is 5.78 Å². The third-order valence-corrected chi connectivity index (χ3v) is 4.08. The number of rotatable bonds is 5. The largest absolute Gasteiger partial charge is 0.496 e. The van der Waals surface area contributed by atoms with Crippen molar-refractivity contribution in [1.82, 2.24) is 4.90 Å². The predicted molar refractivity (Wildman–Crippen MR) is 90.0 cm³/mol. The summed E-state index contributed by atoms with van der Waals surface area (Å²) in [6.07, 6.45) is 0. The average molecular weight is 311 g/mol. The lowest BCUT2D eigenvalue weighted by atomic mass is 10.00. The van der Waals surface area contributed by atoms with E-state index in [2.05, 4.69) is 4.90 Å². The van der Waals surface area contributed by atoms with Crippen LogP contribution >= 0.6 is 0 Å². The zero-order valence-corrected chi connectivity index (χ0v) is 13.3. The summed E-state index contributed by atoms with van der Waals surface area (Å²) in [6.45, 7) is 3.46. The van der Waals surface area contributed by atoms with Gasteiger partial charge in [0.05, 0.1) is 26.9 Å². The summed E-state index contributed by atoms with van der Waals surface area (Å²) in [6, 6.07) is 15.6. The molecule has 0 N–H and O–H groups in total. The molecule has 0 bridgehead atoms. The second-order valence-corrected chi connectivity index (χ2v) is 5.59. The number of methoxy groups -OCH3 is 1. The van der Waals surface area contributed by atoms with E-state index in [4.69, 9.17) is 9.47 Å². The van der Waals surface area contributed by atoms with Crippen molar-refractivity contribution in [2.75, 3.05) is 40.0 Å². The fraction of sp³-hybridized carbons (Fsp3) is 0.316. The monoisotopic (exact) mass is 311 g/mol. The molecule has 0 aromatic heterocycles. The normalized spacial score (nSPS) is 15.3. The number of morpholine rings is 1. The van der Waals surface area contributed by atoms with Gasteiger partial charge in [-0.25, -0.2) is 0 Å². The molecule has 0 radical (unpaired) electrons. The van der Waals surface area contributed by atoms with Gasteiger partial charge in [-0.05, 0) is 23.8 Å². The van der Waals surface area contributed by atoms with Gasteiger partial charge in [0.1, 0.15) is 5.75 Å². The third-order valence-electron chi connectivity index (χ3n) is 4.08. The number of benzene rings is 2. The molecular weight excluding hydrogens is 290 g/mol. The smallest absolute Gasteiger partial charge is 0.176 e. The van der Waals surface area contributed by atoms with Crippen LogP contribution in [-0.2, 0) is 4.74 Å². The first-order valence-corrected chi connectivity index (χ1v) is 7.84. The third kappa shape index (κ3) is 3.78. The Hall–Kier alpha value is -2.17. The highest BCUT2D eigenvalue weighted by Crippen LogP contribution is 2.30. The Morgan fingerprint density at radius 3 is 2.57 bits per heavy atom. The topological polar surface area (TPSA) is 38.8 Å². The lowest BCUT2D eigenvalue weighted by Gasteiger charge is -2.25. The summed E-state index contributed by atoms with van der Waals surface area (Å²) in [5.74, 6) is 0.908. The quantitative estimate of drug-likeness (QED) is 0.796. The summed E-state index contributed by atoms with van der Waals surface area (Å²) < 4.78 is 10.8. The maximum absolute atomic E-state index is 12.6. The van der Waals surface area contributed by atoms with E-state index in [1.54, 1.807) is 7.11 Å². The molecule has 0 unspecified atom stereocenters. The summed E-state index contributed by atoms with van der Waals surface area (Å²) in [5.41, 5.74) is 2.71. The first-order valence-electron chi connectivity index (χ1n) is 7.84. The molecule has 0 amide bonds. The van der Waals surface area contributed by atoms with Gasteiger partial charge in [0, 0.05) is 24.2 Å². The predicted octanol–water partition coefficient (Wildman–Crippen LogP) is 2.88. The first-order chi connectivity index (χ1) is 11.3. The van der Waals surface area contributed by atoms with Crippen molar-refractivity contribution in [2.24, 2.45) is 0 Å². The van der Waals surface area contributed by atoms with Crippen molar-refractivity contribution >= 4 is 5.78 Å². The van der Waals surface area contributed by atoms with Gasteiger partial charge in [-0.3, -0.25) is 9.69 Å². The van der Waals surface area contributed by atoms with E-state index in [1.807, 2.05) is 48.5 Å². The molecule has 4 heteroatoms. The van der Waals surface area contributed by atoms with Crippen LogP contribution in [0.2, 0.25) is 0 Å². The van der Waals surface area contributed by atoms with Gasteiger partial charge in [-0.15, -0.1) is 0 Å². The van der Waals surface area contributed by atoms with E-state index < -0.39 is 0 Å². The van der Waals surface area contributed by atoms with Crippen LogP contribution in [0.15, 0.2) is 48.5 Å². The van der Waals surface area contributed by atoms with Crippen LogP contribution in [0.25, 0.3) is 11.1 Å². The standard InChI is InChI=1S/C19H21NO3/c1-22-19-8-7-16(13-17(19)15-5-3-2-4-6-15)18(21)14-20-9-11-23-12-10-20/h2-8,13H,9-12,14H2,1H3. The minimum absolute atomic E-state index is 0.131. The van der Waals surface area contributed by atoms with Crippen LogP contribution in [0.3, 0.4) is 0 Å². The van der Waals surface area contributed by atoms with Crippen molar-refractivity contribution in [3.8, 4) is 16.9 Å². The van der Waals surface area contributed by atoms with E-state index in [-0.39, 0.29) is 5.78 Å². The number of carbonyl (C=O) groups excluding carboxylic acids is 1. The van der Waals surface area contributed by atoms with Gasteiger partial charge < -0.3 is 9.47 Å². The Morgan fingerprint density at radius 1 is 1.13 bits per heavy atom. The number of carbonyl (C=O) groups is 1. The van der Waals surface area contributed by atoms with Crippen LogP contribution in [0.1, 0.15) is 10.4 Å². The summed E-state index contributed by atoms with van der Waals surface area (Å²) in [5, 5.41) is 0. The minimum Gasteiger partial charge on any atom is -0.496 e. The molecular formula is C19H21NO3. The zero-order valence-electron chi connectivity index (χ0n) is 13.3. The average Bonchev–Trinajstić information content (AvgIpc) is 2.62. The number of nitrogens with zero attached hydrogens (tertiary/aromatic N) is 1. The highest BCUT2D eigenvalue weighted by Gasteiger charge is 2.17. The molecule has 0 atom stereocenters. The number of Topliss-reactive ketones (excluding diaryl/α,β-unsaturated/α-hetero) is 1. The summed E-state index contributed by atoms with van der Waals surface area (Å²) in [4.78, 5) is 14.7. The van der Waals surface area contributed by atoms with E-state index in [9.17, 15) is 4.79 Å². The molecule has 1 aliphatic heterocycles. The molecule has 0 saturated carbocycles. The Bertz CT molecular complexity index is 664. The number of hydrogen-bond donors (Lipinski definition) is 0. The van der Waals surface area contributed by atoms with Crippen LogP contribution in [-0.4, -0.2) is 50.6 Å². The Labute approximate surface area is 136 Å². The number of ketones is 1. The summed E-state index contributed by atoms with van der Waals surface area (Å²) in [7, 11) is 1.65. The molecule has 4 nitrogen and oxygen atoms in total. The van der Waals surface area contributed by atoms with Crippen LogP contribution < -0.4 is 4.74 Å². The zero-order chi connectivity index (χ0) is 16.1. The molecule has 23 heavy (non-hydrogen) atoms. The molecule has 1 heterocycles. The van der Waals surface area contributed by atoms with E-state index in [0.29, 0.717) is 19.8 Å².